The van der Waals surface area contributed by atoms with Crippen molar-refractivity contribution in [2.24, 2.45) is 5.41 Å². The Labute approximate surface area is 129 Å². The molecule has 1 aromatic rings. The molecule has 0 saturated heterocycles. The van der Waals surface area contributed by atoms with Crippen molar-refractivity contribution >= 4 is 27.5 Å². The van der Waals surface area contributed by atoms with Gasteiger partial charge in [0.1, 0.15) is 0 Å². The lowest BCUT2D eigenvalue weighted by molar-refractivity contribution is -0.114. The molecule has 2 unspecified atom stereocenters. The maximum absolute atomic E-state index is 5.95. The van der Waals surface area contributed by atoms with Gasteiger partial charge in [0, 0.05) is 34.1 Å². The van der Waals surface area contributed by atoms with E-state index < -0.39 is 0 Å². The number of nitrogens with one attached hydrogen (secondary N) is 1. The monoisotopic (exact) mass is 345 g/mol. The van der Waals surface area contributed by atoms with Gasteiger partial charge < -0.3 is 10.1 Å². The lowest BCUT2D eigenvalue weighted by atomic mass is 9.64. The second-order valence-electron chi connectivity index (χ2n) is 5.67. The van der Waals surface area contributed by atoms with Gasteiger partial charge >= 0.3 is 0 Å². The number of rotatable bonds is 5. The third kappa shape index (κ3) is 3.33. The van der Waals surface area contributed by atoms with Gasteiger partial charge in [0.15, 0.2) is 0 Å². The third-order valence-electron chi connectivity index (χ3n) is 4.10. The summed E-state index contributed by atoms with van der Waals surface area (Å²) in [5.41, 5.74) is 1.44. The SMILES string of the molecule is CCOC1CC(NCc2ccc(Cl)cc2Br)C1(C)C. The predicted octanol–water partition coefficient (Wildman–Crippen LogP) is 4.40. The largest absolute Gasteiger partial charge is 0.378 e. The highest BCUT2D eigenvalue weighted by atomic mass is 79.9. The first-order chi connectivity index (χ1) is 8.95. The van der Waals surface area contributed by atoms with Crippen molar-refractivity contribution < 1.29 is 4.74 Å². The smallest absolute Gasteiger partial charge is 0.0655 e. The molecular weight excluding hydrogens is 326 g/mol. The molecular formula is C15H21BrClNO. The van der Waals surface area contributed by atoms with E-state index in [1.807, 2.05) is 12.1 Å². The fourth-order valence-electron chi connectivity index (χ4n) is 2.61. The fourth-order valence-corrected chi connectivity index (χ4v) is 3.44. The van der Waals surface area contributed by atoms with E-state index in [-0.39, 0.29) is 5.41 Å². The average molecular weight is 347 g/mol. The molecule has 1 N–H and O–H groups in total. The molecule has 1 saturated carbocycles. The van der Waals surface area contributed by atoms with Gasteiger partial charge in [0.2, 0.25) is 0 Å². The molecule has 0 aliphatic heterocycles. The topological polar surface area (TPSA) is 21.3 Å². The molecule has 0 aromatic heterocycles. The van der Waals surface area contributed by atoms with Crippen LogP contribution >= 0.6 is 27.5 Å². The maximum atomic E-state index is 5.95. The van der Waals surface area contributed by atoms with Gasteiger partial charge in [-0.15, -0.1) is 0 Å². The van der Waals surface area contributed by atoms with E-state index in [1.54, 1.807) is 0 Å². The lowest BCUT2D eigenvalue weighted by Crippen LogP contribution is -2.60. The van der Waals surface area contributed by atoms with Gasteiger partial charge in [-0.3, -0.25) is 0 Å². The Morgan fingerprint density at radius 3 is 2.79 bits per heavy atom. The summed E-state index contributed by atoms with van der Waals surface area (Å²) in [5.74, 6) is 0. The van der Waals surface area contributed by atoms with Crippen molar-refractivity contribution in [3.8, 4) is 0 Å². The normalized spacial score (nSPS) is 25.1. The average Bonchev–Trinajstić information content (AvgIpc) is 2.35. The van der Waals surface area contributed by atoms with E-state index in [2.05, 4.69) is 48.1 Å². The van der Waals surface area contributed by atoms with Gasteiger partial charge in [0.25, 0.3) is 0 Å². The van der Waals surface area contributed by atoms with E-state index in [1.165, 1.54) is 5.56 Å². The van der Waals surface area contributed by atoms with Crippen LogP contribution in [0.5, 0.6) is 0 Å². The van der Waals surface area contributed by atoms with Crippen molar-refractivity contribution in [1.82, 2.24) is 5.32 Å². The minimum Gasteiger partial charge on any atom is -0.378 e. The van der Waals surface area contributed by atoms with E-state index in [0.29, 0.717) is 12.1 Å². The zero-order valence-corrected chi connectivity index (χ0v) is 14.0. The van der Waals surface area contributed by atoms with Crippen molar-refractivity contribution in [3.05, 3.63) is 33.3 Å². The quantitative estimate of drug-likeness (QED) is 0.853. The van der Waals surface area contributed by atoms with Crippen LogP contribution in [0.4, 0.5) is 0 Å². The summed E-state index contributed by atoms with van der Waals surface area (Å²) >= 11 is 9.50. The van der Waals surface area contributed by atoms with Crippen LogP contribution in [0.1, 0.15) is 32.8 Å². The van der Waals surface area contributed by atoms with Crippen LogP contribution in [0, 0.1) is 5.41 Å². The number of ether oxygens (including phenoxy) is 1. The molecule has 2 rings (SSSR count). The van der Waals surface area contributed by atoms with Gasteiger partial charge in [-0.2, -0.15) is 0 Å². The molecule has 106 valence electrons. The van der Waals surface area contributed by atoms with Crippen LogP contribution < -0.4 is 5.32 Å². The number of hydrogen-bond acceptors (Lipinski definition) is 2. The highest BCUT2D eigenvalue weighted by Gasteiger charge is 2.48. The Morgan fingerprint density at radius 1 is 1.47 bits per heavy atom. The predicted molar refractivity (Wildman–Crippen MR) is 83.6 cm³/mol. The first kappa shape index (κ1) is 15.3. The molecule has 2 atom stereocenters. The molecule has 0 spiro atoms. The molecule has 0 radical (unpaired) electrons. The second-order valence-corrected chi connectivity index (χ2v) is 6.96. The second kappa shape index (κ2) is 6.13. The summed E-state index contributed by atoms with van der Waals surface area (Å²) in [6, 6.07) is 6.43. The van der Waals surface area contributed by atoms with Crippen molar-refractivity contribution in [1.29, 1.82) is 0 Å². The van der Waals surface area contributed by atoms with Crippen LogP contribution in [-0.4, -0.2) is 18.8 Å². The molecule has 1 fully saturated rings. The zero-order valence-electron chi connectivity index (χ0n) is 11.7. The standard InChI is InChI=1S/C15H21BrClNO/c1-4-19-14-8-13(15(14,2)3)18-9-10-5-6-11(17)7-12(10)16/h5-7,13-14,18H,4,8-9H2,1-3H3. The van der Waals surface area contributed by atoms with Gasteiger partial charge in [-0.05, 0) is 31.0 Å². The molecule has 1 aliphatic rings. The van der Waals surface area contributed by atoms with Crippen LogP contribution in [0.3, 0.4) is 0 Å². The summed E-state index contributed by atoms with van der Waals surface area (Å²) in [6.45, 7) is 8.24. The summed E-state index contributed by atoms with van der Waals surface area (Å²) in [6.07, 6.45) is 1.47. The first-order valence-corrected chi connectivity index (χ1v) is 7.91. The molecule has 1 aliphatic carbocycles. The first-order valence-electron chi connectivity index (χ1n) is 6.74. The van der Waals surface area contributed by atoms with E-state index >= 15 is 0 Å². The van der Waals surface area contributed by atoms with Crippen LogP contribution in [0.2, 0.25) is 5.02 Å². The Hall–Kier alpha value is -0.0900. The van der Waals surface area contributed by atoms with E-state index in [0.717, 1.165) is 29.1 Å². The summed E-state index contributed by atoms with van der Waals surface area (Å²) in [5, 5.41) is 4.38. The molecule has 0 heterocycles. The van der Waals surface area contributed by atoms with Crippen LogP contribution in [0.25, 0.3) is 0 Å². The number of benzene rings is 1. The van der Waals surface area contributed by atoms with Gasteiger partial charge in [-0.25, -0.2) is 0 Å². The Balaban J connectivity index is 1.90. The van der Waals surface area contributed by atoms with Crippen molar-refractivity contribution in [2.75, 3.05) is 6.61 Å². The fraction of sp³-hybridized carbons (Fsp3) is 0.600. The zero-order chi connectivity index (χ0) is 14.0. The number of halogens is 2. The minimum atomic E-state index is 0.203. The summed E-state index contributed by atoms with van der Waals surface area (Å²) in [4.78, 5) is 0. The maximum Gasteiger partial charge on any atom is 0.0655 e. The van der Waals surface area contributed by atoms with Crippen molar-refractivity contribution in [3.63, 3.8) is 0 Å². The highest BCUT2D eigenvalue weighted by molar-refractivity contribution is 9.10. The van der Waals surface area contributed by atoms with Crippen LogP contribution in [0.15, 0.2) is 22.7 Å². The third-order valence-corrected chi connectivity index (χ3v) is 5.07. The Bertz CT molecular complexity index is 450. The molecule has 1 aromatic carbocycles. The summed E-state index contributed by atoms with van der Waals surface area (Å²) in [7, 11) is 0. The molecule has 2 nitrogen and oxygen atoms in total. The van der Waals surface area contributed by atoms with Gasteiger partial charge in [0.05, 0.1) is 6.10 Å². The molecule has 4 heteroatoms. The number of hydrogen-bond donors (Lipinski definition) is 1. The lowest BCUT2D eigenvalue weighted by Gasteiger charge is -2.52. The highest BCUT2D eigenvalue weighted by Crippen LogP contribution is 2.42. The minimum absolute atomic E-state index is 0.203. The molecule has 19 heavy (non-hydrogen) atoms. The van der Waals surface area contributed by atoms with Crippen molar-refractivity contribution in [2.45, 2.75) is 45.9 Å². The van der Waals surface area contributed by atoms with Gasteiger partial charge in [-0.1, -0.05) is 47.4 Å². The molecule has 0 amide bonds. The van der Waals surface area contributed by atoms with E-state index in [9.17, 15) is 0 Å². The molecule has 0 bridgehead atoms. The Kier molecular flexibility index (Phi) is 4.93. The summed E-state index contributed by atoms with van der Waals surface area (Å²) < 4.78 is 6.81. The van der Waals surface area contributed by atoms with E-state index in [4.69, 9.17) is 16.3 Å². The Morgan fingerprint density at radius 2 is 2.21 bits per heavy atom. The van der Waals surface area contributed by atoms with Crippen LogP contribution in [-0.2, 0) is 11.3 Å².